The van der Waals surface area contributed by atoms with E-state index in [0.29, 0.717) is 30.4 Å². The van der Waals surface area contributed by atoms with Gasteiger partial charge in [0.1, 0.15) is 17.3 Å². The number of carbonyl (C=O) groups is 1. The molecule has 1 aromatic carbocycles. The molecule has 0 radical (unpaired) electrons. The Bertz CT molecular complexity index is 1080. The lowest BCUT2D eigenvalue weighted by atomic mass is 9.96. The van der Waals surface area contributed by atoms with Crippen LogP contribution in [0.15, 0.2) is 45.6 Å². The number of aromatic nitrogens is 4. The number of rotatable bonds is 3. The molecule has 1 aliphatic heterocycles. The molecule has 3 aromatic heterocycles. The van der Waals surface area contributed by atoms with Crippen LogP contribution in [-0.2, 0) is 0 Å². The molecule has 4 aromatic rings. The Hall–Kier alpha value is -3.07. The Morgan fingerprint density at radius 3 is 2.78 bits per heavy atom. The van der Waals surface area contributed by atoms with Crippen molar-refractivity contribution in [2.24, 2.45) is 0 Å². The van der Waals surface area contributed by atoms with Gasteiger partial charge in [0, 0.05) is 24.6 Å². The molecule has 0 saturated carbocycles. The molecule has 0 N–H and O–H groups in total. The Labute approximate surface area is 158 Å². The highest BCUT2D eigenvalue weighted by Gasteiger charge is 2.28. The SMILES string of the molecule is O=C(c1ccc2nsnc2c1)N1CCC(c2nnc(-c3ccoc3)o2)CC1. The zero-order valence-electron chi connectivity index (χ0n) is 14.2. The van der Waals surface area contributed by atoms with Crippen molar-refractivity contribution < 1.29 is 13.6 Å². The van der Waals surface area contributed by atoms with Gasteiger partial charge in [-0.3, -0.25) is 4.79 Å². The van der Waals surface area contributed by atoms with Crippen molar-refractivity contribution in [1.29, 1.82) is 0 Å². The van der Waals surface area contributed by atoms with Crippen LogP contribution in [0.3, 0.4) is 0 Å². The van der Waals surface area contributed by atoms with Gasteiger partial charge in [0.25, 0.3) is 11.8 Å². The van der Waals surface area contributed by atoms with Gasteiger partial charge >= 0.3 is 0 Å². The van der Waals surface area contributed by atoms with Gasteiger partial charge in [0.05, 0.1) is 23.6 Å². The van der Waals surface area contributed by atoms with Crippen LogP contribution >= 0.6 is 11.7 Å². The first kappa shape index (κ1) is 16.1. The average Bonchev–Trinajstić information content (AvgIpc) is 3.48. The molecule has 136 valence electrons. The molecule has 0 aliphatic carbocycles. The Kier molecular flexibility index (Phi) is 3.93. The molecule has 1 fully saturated rings. The van der Waals surface area contributed by atoms with E-state index in [-0.39, 0.29) is 11.8 Å². The van der Waals surface area contributed by atoms with E-state index in [1.807, 2.05) is 23.1 Å². The van der Waals surface area contributed by atoms with Crippen LogP contribution in [0.5, 0.6) is 0 Å². The Morgan fingerprint density at radius 2 is 1.96 bits per heavy atom. The van der Waals surface area contributed by atoms with Crippen molar-refractivity contribution in [3.63, 3.8) is 0 Å². The van der Waals surface area contributed by atoms with Crippen LogP contribution in [0.1, 0.15) is 35.0 Å². The summed E-state index contributed by atoms with van der Waals surface area (Å²) in [5, 5.41) is 8.27. The fraction of sp³-hybridized carbons (Fsp3) is 0.278. The first-order valence-corrected chi connectivity index (χ1v) is 9.38. The maximum atomic E-state index is 12.8. The van der Waals surface area contributed by atoms with E-state index < -0.39 is 0 Å². The fourth-order valence-corrected chi connectivity index (χ4v) is 3.85. The van der Waals surface area contributed by atoms with Crippen LogP contribution in [0.25, 0.3) is 22.5 Å². The number of piperidine rings is 1. The molecule has 1 saturated heterocycles. The van der Waals surface area contributed by atoms with Crippen LogP contribution in [0.4, 0.5) is 0 Å². The number of hydrogen-bond acceptors (Lipinski definition) is 8. The molecular weight excluding hydrogens is 366 g/mol. The third kappa shape index (κ3) is 2.99. The quantitative estimate of drug-likeness (QED) is 0.536. The Balaban J connectivity index is 1.26. The van der Waals surface area contributed by atoms with Crippen molar-refractivity contribution in [2.45, 2.75) is 18.8 Å². The smallest absolute Gasteiger partial charge is 0.253 e. The summed E-state index contributed by atoms with van der Waals surface area (Å²) in [7, 11) is 0. The second kappa shape index (κ2) is 6.58. The monoisotopic (exact) mass is 381 g/mol. The van der Waals surface area contributed by atoms with Gasteiger partial charge in [-0.15, -0.1) is 10.2 Å². The lowest BCUT2D eigenvalue weighted by molar-refractivity contribution is 0.0706. The van der Waals surface area contributed by atoms with Crippen LogP contribution in [0, 0.1) is 0 Å². The summed E-state index contributed by atoms with van der Waals surface area (Å²) in [6, 6.07) is 7.25. The third-order valence-electron chi connectivity index (χ3n) is 4.84. The minimum atomic E-state index is 0.0213. The average molecular weight is 381 g/mol. The summed E-state index contributed by atoms with van der Waals surface area (Å²) in [6.45, 7) is 1.31. The minimum Gasteiger partial charge on any atom is -0.472 e. The summed E-state index contributed by atoms with van der Waals surface area (Å²) in [5.74, 6) is 1.26. The van der Waals surface area contributed by atoms with E-state index in [1.165, 1.54) is 0 Å². The van der Waals surface area contributed by atoms with Crippen molar-refractivity contribution in [1.82, 2.24) is 23.8 Å². The van der Waals surface area contributed by atoms with E-state index in [4.69, 9.17) is 8.83 Å². The van der Waals surface area contributed by atoms with E-state index in [1.54, 1.807) is 18.6 Å². The topological polar surface area (TPSA) is 98.2 Å². The highest BCUT2D eigenvalue weighted by molar-refractivity contribution is 7.00. The number of carbonyl (C=O) groups excluding carboxylic acids is 1. The van der Waals surface area contributed by atoms with Gasteiger partial charge in [-0.1, -0.05) is 0 Å². The molecule has 0 unspecified atom stereocenters. The van der Waals surface area contributed by atoms with Gasteiger partial charge in [0.2, 0.25) is 5.89 Å². The van der Waals surface area contributed by atoms with Crippen molar-refractivity contribution in [3.05, 3.63) is 48.2 Å². The molecule has 9 heteroatoms. The highest BCUT2D eigenvalue weighted by Crippen LogP contribution is 2.30. The lowest BCUT2D eigenvalue weighted by Crippen LogP contribution is -2.38. The van der Waals surface area contributed by atoms with Gasteiger partial charge < -0.3 is 13.7 Å². The van der Waals surface area contributed by atoms with Gasteiger partial charge in [0.15, 0.2) is 0 Å². The highest BCUT2D eigenvalue weighted by atomic mass is 32.1. The molecule has 8 nitrogen and oxygen atoms in total. The number of likely N-dealkylation sites (tertiary alicyclic amines) is 1. The zero-order chi connectivity index (χ0) is 18.2. The maximum absolute atomic E-state index is 12.8. The lowest BCUT2D eigenvalue weighted by Gasteiger charge is -2.30. The van der Waals surface area contributed by atoms with Crippen LogP contribution < -0.4 is 0 Å². The van der Waals surface area contributed by atoms with Crippen LogP contribution in [-0.4, -0.2) is 42.8 Å². The summed E-state index contributed by atoms with van der Waals surface area (Å²) >= 11 is 1.15. The number of nitrogens with zero attached hydrogens (tertiary/aromatic N) is 5. The number of hydrogen-bond donors (Lipinski definition) is 0. The minimum absolute atomic E-state index is 0.0213. The first-order valence-electron chi connectivity index (χ1n) is 8.65. The molecule has 27 heavy (non-hydrogen) atoms. The van der Waals surface area contributed by atoms with Crippen molar-refractivity contribution in [3.8, 4) is 11.5 Å². The summed E-state index contributed by atoms with van der Waals surface area (Å²) < 4.78 is 19.2. The fourth-order valence-electron chi connectivity index (χ4n) is 3.33. The van der Waals surface area contributed by atoms with E-state index in [2.05, 4.69) is 18.9 Å². The van der Waals surface area contributed by atoms with Gasteiger partial charge in [-0.05, 0) is 37.1 Å². The first-order chi connectivity index (χ1) is 13.3. The maximum Gasteiger partial charge on any atom is 0.253 e. The third-order valence-corrected chi connectivity index (χ3v) is 5.40. The predicted molar refractivity (Wildman–Crippen MR) is 97.3 cm³/mol. The summed E-state index contributed by atoms with van der Waals surface area (Å²) in [5.41, 5.74) is 3.00. The number of amides is 1. The van der Waals surface area contributed by atoms with E-state index >= 15 is 0 Å². The second-order valence-corrected chi connectivity index (χ2v) is 7.02. The summed E-state index contributed by atoms with van der Waals surface area (Å²) in [4.78, 5) is 14.7. The van der Waals surface area contributed by atoms with E-state index in [0.717, 1.165) is 41.2 Å². The Morgan fingerprint density at radius 1 is 1.11 bits per heavy atom. The molecular formula is C18H15N5O3S. The molecule has 1 amide bonds. The molecule has 0 bridgehead atoms. The normalized spacial score (nSPS) is 15.5. The molecule has 0 spiro atoms. The largest absolute Gasteiger partial charge is 0.472 e. The van der Waals surface area contributed by atoms with Crippen LogP contribution in [0.2, 0.25) is 0 Å². The number of furan rings is 1. The standard InChI is InChI=1S/C18H15N5O3S/c24-18(12-1-2-14-15(9-12)22-27-21-14)23-6-3-11(4-7-23)16-19-20-17(26-16)13-5-8-25-10-13/h1-2,5,8-11H,3-4,6-7H2. The molecule has 1 aliphatic rings. The second-order valence-electron chi connectivity index (χ2n) is 6.49. The number of fused-ring (bicyclic) bond motifs is 1. The van der Waals surface area contributed by atoms with Crippen molar-refractivity contribution in [2.75, 3.05) is 13.1 Å². The zero-order valence-corrected chi connectivity index (χ0v) is 15.1. The van der Waals surface area contributed by atoms with E-state index in [9.17, 15) is 4.79 Å². The molecule has 4 heterocycles. The predicted octanol–water partition coefficient (Wildman–Crippen LogP) is 3.35. The van der Waals surface area contributed by atoms with Gasteiger partial charge in [-0.2, -0.15) is 8.75 Å². The van der Waals surface area contributed by atoms with Crippen molar-refractivity contribution >= 4 is 28.7 Å². The molecule has 5 rings (SSSR count). The van der Waals surface area contributed by atoms with Gasteiger partial charge in [-0.25, -0.2) is 0 Å². The molecule has 0 atom stereocenters. The number of benzene rings is 1. The summed E-state index contributed by atoms with van der Waals surface area (Å²) in [6.07, 6.45) is 4.73.